The molecule has 1 aromatic carbocycles. The van der Waals surface area contributed by atoms with Gasteiger partial charge in [-0.2, -0.15) is 9.97 Å². The summed E-state index contributed by atoms with van der Waals surface area (Å²) < 4.78 is 6.89. The summed E-state index contributed by atoms with van der Waals surface area (Å²) >= 11 is 6.19. The molecule has 4 rings (SSSR count). The second-order valence-corrected chi connectivity index (χ2v) is 7.19. The first-order valence-electron chi connectivity index (χ1n) is 8.96. The number of amides is 1. The van der Waals surface area contributed by atoms with Crippen molar-refractivity contribution in [3.05, 3.63) is 35.1 Å². The molecule has 146 valence electrons. The van der Waals surface area contributed by atoms with E-state index in [1.165, 1.54) is 0 Å². The van der Waals surface area contributed by atoms with Gasteiger partial charge in [0.25, 0.3) is 0 Å². The van der Waals surface area contributed by atoms with E-state index in [1.807, 2.05) is 24.3 Å². The molecule has 0 spiro atoms. The molecular formula is C18H20ClN7O2. The van der Waals surface area contributed by atoms with Gasteiger partial charge >= 0.3 is 0 Å². The third-order valence-corrected chi connectivity index (χ3v) is 5.05. The number of anilines is 1. The van der Waals surface area contributed by atoms with Crippen LogP contribution < -0.4 is 15.4 Å². The lowest BCUT2D eigenvalue weighted by molar-refractivity contribution is -0.118. The van der Waals surface area contributed by atoms with Gasteiger partial charge in [-0.25, -0.2) is 4.68 Å². The van der Waals surface area contributed by atoms with Crippen LogP contribution in [-0.4, -0.2) is 51.1 Å². The first-order valence-corrected chi connectivity index (χ1v) is 9.34. The van der Waals surface area contributed by atoms with Crippen LogP contribution in [0.15, 0.2) is 24.3 Å². The number of benzene rings is 1. The standard InChI is InChI=1S/C18H20ClN7O2/c1-28-13-4-2-11(3-5-13)10-26-17-15(23-24-26)16(21-18(19)22-17)25-7-6-12(9-25)8-14(20)27/h2-5,12H,6-10H2,1H3,(H2,20,27)/t12-/m0/s1. The maximum absolute atomic E-state index is 11.2. The minimum Gasteiger partial charge on any atom is -0.497 e. The molecule has 9 nitrogen and oxygen atoms in total. The van der Waals surface area contributed by atoms with Crippen molar-refractivity contribution in [2.24, 2.45) is 11.7 Å². The highest BCUT2D eigenvalue weighted by Gasteiger charge is 2.28. The number of ether oxygens (including phenoxy) is 1. The van der Waals surface area contributed by atoms with Gasteiger partial charge in [-0.15, -0.1) is 5.10 Å². The molecule has 10 heteroatoms. The molecule has 3 heterocycles. The number of halogens is 1. The lowest BCUT2D eigenvalue weighted by Gasteiger charge is -2.17. The Balaban J connectivity index is 1.62. The summed E-state index contributed by atoms with van der Waals surface area (Å²) in [6, 6.07) is 7.71. The van der Waals surface area contributed by atoms with Gasteiger partial charge in [0, 0.05) is 19.5 Å². The van der Waals surface area contributed by atoms with E-state index in [0.29, 0.717) is 36.5 Å². The Hall–Kier alpha value is -2.94. The van der Waals surface area contributed by atoms with E-state index in [4.69, 9.17) is 22.1 Å². The summed E-state index contributed by atoms with van der Waals surface area (Å²) in [6.45, 7) is 1.93. The summed E-state index contributed by atoms with van der Waals surface area (Å²) in [4.78, 5) is 22.0. The van der Waals surface area contributed by atoms with Crippen molar-refractivity contribution in [1.29, 1.82) is 0 Å². The molecule has 1 aliphatic heterocycles. The Morgan fingerprint density at radius 2 is 2.11 bits per heavy atom. The van der Waals surface area contributed by atoms with Crippen LogP contribution in [0.2, 0.25) is 5.28 Å². The van der Waals surface area contributed by atoms with E-state index < -0.39 is 0 Å². The van der Waals surface area contributed by atoms with Gasteiger partial charge in [0.05, 0.1) is 13.7 Å². The number of nitrogens with two attached hydrogens (primary N) is 1. The Labute approximate surface area is 166 Å². The summed E-state index contributed by atoms with van der Waals surface area (Å²) in [5.41, 5.74) is 7.53. The van der Waals surface area contributed by atoms with Crippen LogP contribution in [0.1, 0.15) is 18.4 Å². The fourth-order valence-electron chi connectivity index (χ4n) is 3.52. The third-order valence-electron chi connectivity index (χ3n) is 4.88. The second-order valence-electron chi connectivity index (χ2n) is 6.85. The number of rotatable bonds is 6. The fraction of sp³-hybridized carbons (Fsp3) is 0.389. The monoisotopic (exact) mass is 401 g/mol. The molecule has 2 aromatic heterocycles. The Kier molecular flexibility index (Phi) is 4.99. The number of carbonyl (C=O) groups excluding carboxylic acids is 1. The zero-order valence-corrected chi connectivity index (χ0v) is 16.1. The zero-order chi connectivity index (χ0) is 19.7. The van der Waals surface area contributed by atoms with E-state index in [2.05, 4.69) is 25.2 Å². The van der Waals surface area contributed by atoms with Crippen LogP contribution in [0.3, 0.4) is 0 Å². The summed E-state index contributed by atoms with van der Waals surface area (Å²) in [5, 5.41) is 8.68. The fourth-order valence-corrected chi connectivity index (χ4v) is 3.68. The van der Waals surface area contributed by atoms with Crippen molar-refractivity contribution in [2.45, 2.75) is 19.4 Å². The Morgan fingerprint density at radius 1 is 1.32 bits per heavy atom. The van der Waals surface area contributed by atoms with E-state index in [0.717, 1.165) is 24.3 Å². The molecule has 1 atom stereocenters. The van der Waals surface area contributed by atoms with Crippen LogP contribution in [0.5, 0.6) is 5.75 Å². The number of nitrogens with zero attached hydrogens (tertiary/aromatic N) is 6. The number of primary amides is 1. The quantitative estimate of drug-likeness (QED) is 0.624. The van der Waals surface area contributed by atoms with Crippen molar-refractivity contribution in [1.82, 2.24) is 25.0 Å². The predicted molar refractivity (Wildman–Crippen MR) is 104 cm³/mol. The molecule has 0 unspecified atom stereocenters. The average Bonchev–Trinajstić information content (AvgIpc) is 3.29. The van der Waals surface area contributed by atoms with Crippen LogP contribution in [0.25, 0.3) is 11.2 Å². The normalized spacial score (nSPS) is 16.6. The predicted octanol–water partition coefficient (Wildman–Crippen LogP) is 1.63. The van der Waals surface area contributed by atoms with E-state index >= 15 is 0 Å². The Morgan fingerprint density at radius 3 is 2.82 bits per heavy atom. The Bertz CT molecular complexity index is 1010. The van der Waals surface area contributed by atoms with Gasteiger partial charge in [0.1, 0.15) is 5.75 Å². The summed E-state index contributed by atoms with van der Waals surface area (Å²) in [7, 11) is 1.63. The number of carbonyl (C=O) groups is 1. The molecule has 0 saturated carbocycles. The van der Waals surface area contributed by atoms with Crippen LogP contribution in [0.4, 0.5) is 5.82 Å². The smallest absolute Gasteiger partial charge is 0.226 e. The number of methoxy groups -OCH3 is 1. The van der Waals surface area contributed by atoms with Crippen LogP contribution >= 0.6 is 11.6 Å². The minimum absolute atomic E-state index is 0.138. The highest BCUT2D eigenvalue weighted by Crippen LogP contribution is 2.29. The molecule has 3 aromatic rings. The molecule has 2 N–H and O–H groups in total. The molecular weight excluding hydrogens is 382 g/mol. The van der Waals surface area contributed by atoms with E-state index in [-0.39, 0.29) is 17.1 Å². The molecule has 1 aliphatic rings. The third kappa shape index (κ3) is 3.70. The van der Waals surface area contributed by atoms with Gasteiger partial charge < -0.3 is 15.4 Å². The molecule has 0 aliphatic carbocycles. The average molecular weight is 402 g/mol. The van der Waals surface area contributed by atoms with E-state index in [1.54, 1.807) is 11.8 Å². The SMILES string of the molecule is COc1ccc(Cn2nnc3c(N4CC[C@@H](CC(N)=O)C4)nc(Cl)nc32)cc1. The van der Waals surface area contributed by atoms with Gasteiger partial charge in [0.2, 0.25) is 11.2 Å². The van der Waals surface area contributed by atoms with Gasteiger partial charge in [-0.3, -0.25) is 4.79 Å². The number of hydrogen-bond donors (Lipinski definition) is 1. The minimum atomic E-state index is -0.289. The van der Waals surface area contributed by atoms with E-state index in [9.17, 15) is 4.79 Å². The number of aromatic nitrogens is 5. The van der Waals surface area contributed by atoms with Crippen molar-refractivity contribution in [3.8, 4) is 5.75 Å². The first kappa shape index (κ1) is 18.4. The number of fused-ring (bicyclic) bond motifs is 1. The zero-order valence-electron chi connectivity index (χ0n) is 15.4. The molecule has 28 heavy (non-hydrogen) atoms. The summed E-state index contributed by atoms with van der Waals surface area (Å²) in [5.74, 6) is 1.35. The maximum Gasteiger partial charge on any atom is 0.226 e. The highest BCUT2D eigenvalue weighted by atomic mass is 35.5. The van der Waals surface area contributed by atoms with Crippen molar-refractivity contribution < 1.29 is 9.53 Å². The maximum atomic E-state index is 11.2. The van der Waals surface area contributed by atoms with Crippen molar-refractivity contribution in [2.75, 3.05) is 25.1 Å². The van der Waals surface area contributed by atoms with Crippen molar-refractivity contribution >= 4 is 34.5 Å². The molecule has 1 saturated heterocycles. The molecule has 0 bridgehead atoms. The summed E-state index contributed by atoms with van der Waals surface area (Å²) in [6.07, 6.45) is 1.23. The second kappa shape index (κ2) is 7.59. The lowest BCUT2D eigenvalue weighted by Crippen LogP contribution is -2.23. The largest absolute Gasteiger partial charge is 0.497 e. The van der Waals surface area contributed by atoms with Gasteiger partial charge in [-0.05, 0) is 41.6 Å². The molecule has 0 radical (unpaired) electrons. The topological polar surface area (TPSA) is 112 Å². The molecule has 1 fully saturated rings. The van der Waals surface area contributed by atoms with Gasteiger partial charge in [0.15, 0.2) is 17.0 Å². The van der Waals surface area contributed by atoms with Gasteiger partial charge in [-0.1, -0.05) is 17.3 Å². The highest BCUT2D eigenvalue weighted by molar-refractivity contribution is 6.28. The number of hydrogen-bond acceptors (Lipinski definition) is 7. The first-order chi connectivity index (χ1) is 13.5. The van der Waals surface area contributed by atoms with Crippen molar-refractivity contribution in [3.63, 3.8) is 0 Å². The van der Waals surface area contributed by atoms with Crippen LogP contribution in [0, 0.1) is 5.92 Å². The molecule has 1 amide bonds. The van der Waals surface area contributed by atoms with Crippen LogP contribution in [-0.2, 0) is 11.3 Å². The lowest BCUT2D eigenvalue weighted by atomic mass is 10.1.